The van der Waals surface area contributed by atoms with Gasteiger partial charge in [-0.15, -0.1) is 0 Å². The van der Waals surface area contributed by atoms with E-state index in [-0.39, 0.29) is 6.04 Å². The Balaban J connectivity index is 2.18. The molecule has 0 radical (unpaired) electrons. The molecule has 0 bridgehead atoms. The van der Waals surface area contributed by atoms with Crippen molar-refractivity contribution in [1.29, 1.82) is 0 Å². The highest BCUT2D eigenvalue weighted by Crippen LogP contribution is 2.32. The van der Waals surface area contributed by atoms with Crippen molar-refractivity contribution >= 4 is 5.96 Å². The third-order valence-electron chi connectivity index (χ3n) is 4.96. The molecule has 1 fully saturated rings. The summed E-state index contributed by atoms with van der Waals surface area (Å²) >= 11 is 0. The van der Waals surface area contributed by atoms with Gasteiger partial charge in [0.05, 0.1) is 33.5 Å². The summed E-state index contributed by atoms with van der Waals surface area (Å²) in [4.78, 5) is 6.79. The first-order chi connectivity index (χ1) is 13.1. The van der Waals surface area contributed by atoms with Crippen LogP contribution in [0.3, 0.4) is 0 Å². The molecule has 0 amide bonds. The number of benzene rings is 1. The lowest BCUT2D eigenvalue weighted by Gasteiger charge is -2.35. The summed E-state index contributed by atoms with van der Waals surface area (Å²) in [6.45, 7) is 8.36. The van der Waals surface area contributed by atoms with Crippen LogP contribution in [-0.2, 0) is 4.74 Å². The molecule has 7 heteroatoms. The van der Waals surface area contributed by atoms with Gasteiger partial charge in [0.15, 0.2) is 17.5 Å². The van der Waals surface area contributed by atoms with E-state index in [0.29, 0.717) is 6.04 Å². The van der Waals surface area contributed by atoms with Gasteiger partial charge in [0.25, 0.3) is 0 Å². The third kappa shape index (κ3) is 6.01. The molecule has 1 heterocycles. The molecule has 2 unspecified atom stereocenters. The van der Waals surface area contributed by atoms with Crippen LogP contribution in [0.1, 0.15) is 31.9 Å². The molecule has 0 saturated carbocycles. The van der Waals surface area contributed by atoms with Crippen LogP contribution in [-0.4, -0.2) is 71.0 Å². The smallest absolute Gasteiger partial charge is 0.191 e. The van der Waals surface area contributed by atoms with Crippen molar-refractivity contribution in [2.45, 2.75) is 32.4 Å². The van der Waals surface area contributed by atoms with Crippen molar-refractivity contribution in [1.82, 2.24) is 15.5 Å². The highest BCUT2D eigenvalue weighted by Gasteiger charge is 2.24. The lowest BCUT2D eigenvalue weighted by Crippen LogP contribution is -2.47. The van der Waals surface area contributed by atoms with Crippen molar-refractivity contribution < 1.29 is 14.2 Å². The van der Waals surface area contributed by atoms with Crippen LogP contribution in [0.5, 0.6) is 11.5 Å². The Morgan fingerprint density at radius 1 is 1.22 bits per heavy atom. The average Bonchev–Trinajstić information content (AvgIpc) is 2.73. The Kier molecular flexibility index (Phi) is 8.67. The molecule has 152 valence electrons. The van der Waals surface area contributed by atoms with Crippen LogP contribution in [0.25, 0.3) is 0 Å². The van der Waals surface area contributed by atoms with Crippen molar-refractivity contribution in [2.75, 3.05) is 54.1 Å². The number of ether oxygens (including phenoxy) is 3. The highest BCUT2D eigenvalue weighted by molar-refractivity contribution is 5.79. The molecule has 7 nitrogen and oxygen atoms in total. The van der Waals surface area contributed by atoms with Gasteiger partial charge in [0, 0.05) is 32.7 Å². The van der Waals surface area contributed by atoms with Crippen LogP contribution in [0.15, 0.2) is 23.2 Å². The molecular formula is C20H34N4O3. The number of hydrogen-bond donors (Lipinski definition) is 2. The molecule has 0 aliphatic carbocycles. The number of nitrogens with one attached hydrogen (secondary N) is 2. The van der Waals surface area contributed by atoms with E-state index in [1.54, 1.807) is 21.3 Å². The van der Waals surface area contributed by atoms with Crippen molar-refractivity contribution in [3.05, 3.63) is 23.8 Å². The highest BCUT2D eigenvalue weighted by atomic mass is 16.5. The number of methoxy groups -OCH3 is 2. The Morgan fingerprint density at radius 2 is 1.93 bits per heavy atom. The maximum Gasteiger partial charge on any atom is 0.191 e. The van der Waals surface area contributed by atoms with E-state index in [4.69, 9.17) is 14.2 Å². The fraction of sp³-hybridized carbons (Fsp3) is 0.650. The molecule has 2 N–H and O–H groups in total. The molecular weight excluding hydrogens is 344 g/mol. The first-order valence-electron chi connectivity index (χ1n) is 9.63. The van der Waals surface area contributed by atoms with E-state index in [2.05, 4.69) is 46.5 Å². The maximum atomic E-state index is 5.54. The fourth-order valence-electron chi connectivity index (χ4n) is 3.13. The van der Waals surface area contributed by atoms with Gasteiger partial charge in [-0.1, -0.05) is 13.0 Å². The second-order valence-corrected chi connectivity index (χ2v) is 6.69. The molecule has 27 heavy (non-hydrogen) atoms. The summed E-state index contributed by atoms with van der Waals surface area (Å²) in [7, 11) is 5.13. The lowest BCUT2D eigenvalue weighted by atomic mass is 10.0. The second-order valence-electron chi connectivity index (χ2n) is 6.69. The van der Waals surface area contributed by atoms with E-state index < -0.39 is 0 Å². The summed E-state index contributed by atoms with van der Waals surface area (Å²) in [6, 6.07) is 6.69. The number of hydrogen-bond acceptors (Lipinski definition) is 5. The zero-order chi connectivity index (χ0) is 19.6. The summed E-state index contributed by atoms with van der Waals surface area (Å²) in [6.07, 6.45) is 1.04. The van der Waals surface area contributed by atoms with Crippen molar-refractivity contribution in [3.63, 3.8) is 0 Å². The number of guanidine groups is 1. The van der Waals surface area contributed by atoms with Gasteiger partial charge in [-0.05, 0) is 31.0 Å². The van der Waals surface area contributed by atoms with Crippen molar-refractivity contribution in [2.24, 2.45) is 4.99 Å². The minimum atomic E-state index is 0.184. The molecule has 1 aliphatic heterocycles. The van der Waals surface area contributed by atoms with E-state index in [1.165, 1.54) is 5.56 Å². The molecule has 1 aliphatic rings. The minimum Gasteiger partial charge on any atom is -0.493 e. The molecule has 2 rings (SSSR count). The van der Waals surface area contributed by atoms with Gasteiger partial charge < -0.3 is 24.8 Å². The lowest BCUT2D eigenvalue weighted by molar-refractivity contribution is 0.0169. The molecule has 0 spiro atoms. The predicted octanol–water partition coefficient (Wildman–Crippen LogP) is 2.04. The Labute approximate surface area is 163 Å². The summed E-state index contributed by atoms with van der Waals surface area (Å²) < 4.78 is 16.4. The number of morpholine rings is 1. The quantitative estimate of drug-likeness (QED) is 0.533. The monoisotopic (exact) mass is 378 g/mol. The molecule has 0 aromatic heterocycles. The van der Waals surface area contributed by atoms with E-state index >= 15 is 0 Å². The van der Waals surface area contributed by atoms with Gasteiger partial charge in [-0.3, -0.25) is 9.89 Å². The fourth-order valence-corrected chi connectivity index (χ4v) is 3.13. The predicted molar refractivity (Wildman–Crippen MR) is 109 cm³/mol. The number of aliphatic imine (C=N–C) groups is 1. The van der Waals surface area contributed by atoms with Gasteiger partial charge in [0.1, 0.15) is 0 Å². The Bertz CT molecular complexity index is 603. The maximum absolute atomic E-state index is 5.54. The van der Waals surface area contributed by atoms with Crippen LogP contribution in [0, 0.1) is 0 Å². The van der Waals surface area contributed by atoms with Gasteiger partial charge in [-0.25, -0.2) is 0 Å². The SMILES string of the molecule is CCC(C)NC(=NC)NCC(c1ccc(OC)c(OC)c1)N1CCOCC1. The molecule has 1 saturated heterocycles. The van der Waals surface area contributed by atoms with Crippen LogP contribution >= 0.6 is 0 Å². The Morgan fingerprint density at radius 3 is 2.52 bits per heavy atom. The summed E-state index contributed by atoms with van der Waals surface area (Å²) in [5, 5.41) is 6.90. The first kappa shape index (κ1) is 21.3. The second kappa shape index (κ2) is 11.0. The van der Waals surface area contributed by atoms with E-state index in [1.807, 2.05) is 6.07 Å². The Hall–Kier alpha value is -1.99. The van der Waals surface area contributed by atoms with Gasteiger partial charge in [0.2, 0.25) is 0 Å². The van der Waals surface area contributed by atoms with Gasteiger partial charge in [-0.2, -0.15) is 0 Å². The van der Waals surface area contributed by atoms with Gasteiger partial charge >= 0.3 is 0 Å². The number of rotatable bonds is 8. The van der Waals surface area contributed by atoms with Crippen molar-refractivity contribution in [3.8, 4) is 11.5 Å². The third-order valence-corrected chi connectivity index (χ3v) is 4.96. The normalized spacial score (nSPS) is 17.9. The summed E-state index contributed by atoms with van der Waals surface area (Å²) in [5.41, 5.74) is 1.18. The summed E-state index contributed by atoms with van der Waals surface area (Å²) in [5.74, 6) is 2.31. The zero-order valence-electron chi connectivity index (χ0n) is 17.2. The van der Waals surface area contributed by atoms with E-state index in [9.17, 15) is 0 Å². The first-order valence-corrected chi connectivity index (χ1v) is 9.63. The standard InChI is InChI=1S/C20H34N4O3/c1-6-15(2)23-20(21-3)22-14-17(24-9-11-27-12-10-24)16-7-8-18(25-4)19(13-16)26-5/h7-8,13,15,17H,6,9-12,14H2,1-5H3,(H2,21,22,23). The zero-order valence-corrected chi connectivity index (χ0v) is 17.2. The molecule has 1 aromatic rings. The number of nitrogens with zero attached hydrogens (tertiary/aromatic N) is 2. The van der Waals surface area contributed by atoms with Crippen LogP contribution in [0.2, 0.25) is 0 Å². The topological polar surface area (TPSA) is 67.4 Å². The minimum absolute atomic E-state index is 0.184. The van der Waals surface area contributed by atoms with E-state index in [0.717, 1.165) is 56.7 Å². The molecule has 1 aromatic carbocycles. The molecule has 2 atom stereocenters. The average molecular weight is 379 g/mol. The van der Waals surface area contributed by atoms with Crippen LogP contribution in [0.4, 0.5) is 0 Å². The van der Waals surface area contributed by atoms with Crippen LogP contribution < -0.4 is 20.1 Å². The largest absolute Gasteiger partial charge is 0.493 e.